The number of aromatic nitrogens is 4. The number of hydrogen-bond acceptors (Lipinski definition) is 6. The Labute approximate surface area is 249 Å². The molecule has 0 spiro atoms. The monoisotopic (exact) mass is 595 g/mol. The second-order valence-corrected chi connectivity index (χ2v) is 11.0. The number of carbonyl (C=O) groups is 1. The predicted octanol–water partition coefficient (Wildman–Crippen LogP) is 6.61. The first kappa shape index (κ1) is 33.1. The largest absolute Gasteiger partial charge is 0.481 e. The number of allylic oxidation sites excluding steroid dienone is 4. The number of para-hydroxylation sites is 1. The third-order valence-corrected chi connectivity index (χ3v) is 6.49. The molecule has 43 heavy (non-hydrogen) atoms. The van der Waals surface area contributed by atoms with Crippen LogP contribution in [0.4, 0.5) is 24.8 Å². The first-order valence-corrected chi connectivity index (χ1v) is 13.8. The maximum Gasteiger partial charge on any atom is 0.416 e. The van der Waals surface area contributed by atoms with Gasteiger partial charge >= 0.3 is 12.1 Å². The van der Waals surface area contributed by atoms with Crippen LogP contribution in [0.2, 0.25) is 0 Å². The number of aliphatic carboxylic acids is 1. The van der Waals surface area contributed by atoms with Gasteiger partial charge in [0.05, 0.1) is 23.1 Å². The van der Waals surface area contributed by atoms with Crippen molar-refractivity contribution in [2.45, 2.75) is 77.1 Å². The minimum atomic E-state index is -4.63. The van der Waals surface area contributed by atoms with Gasteiger partial charge in [-0.1, -0.05) is 51.0 Å². The van der Waals surface area contributed by atoms with Crippen molar-refractivity contribution >= 4 is 17.6 Å². The van der Waals surface area contributed by atoms with Crippen LogP contribution in [0.15, 0.2) is 66.4 Å². The zero-order chi connectivity index (χ0) is 31.6. The third kappa shape index (κ3) is 9.82. The molecule has 0 saturated heterocycles. The molecule has 3 aromatic rings. The fourth-order valence-corrected chi connectivity index (χ4v) is 4.45. The number of anilines is 2. The van der Waals surface area contributed by atoms with E-state index in [1.54, 1.807) is 12.3 Å². The molecule has 8 nitrogen and oxygen atoms in total. The number of nitrogens with zero attached hydrogens (tertiary/aromatic N) is 4. The van der Waals surface area contributed by atoms with Gasteiger partial charge in [0.2, 0.25) is 5.95 Å². The topological polar surface area (TPSA) is 113 Å². The third-order valence-electron chi connectivity index (χ3n) is 6.49. The fraction of sp³-hybridized carbons (Fsp3) is 0.375. The van der Waals surface area contributed by atoms with Gasteiger partial charge in [0.25, 0.3) is 0 Å². The highest BCUT2D eigenvalue weighted by molar-refractivity contribution is 5.66. The average Bonchev–Trinajstić information content (AvgIpc) is 3.31. The molecule has 1 unspecified atom stereocenters. The second-order valence-electron chi connectivity index (χ2n) is 11.0. The van der Waals surface area contributed by atoms with Crippen LogP contribution in [0.3, 0.4) is 0 Å². The number of terminal acetylenes is 1. The van der Waals surface area contributed by atoms with Gasteiger partial charge in [0.15, 0.2) is 0 Å². The zero-order valence-corrected chi connectivity index (χ0v) is 24.4. The summed E-state index contributed by atoms with van der Waals surface area (Å²) in [5.41, 5.74) is 0.625. The molecule has 0 radical (unpaired) electrons. The molecule has 3 rings (SSSR count). The lowest BCUT2D eigenvalue weighted by Gasteiger charge is -2.22. The molecule has 0 saturated carbocycles. The number of imidazole rings is 1. The van der Waals surface area contributed by atoms with E-state index in [9.17, 15) is 23.1 Å². The van der Waals surface area contributed by atoms with Crippen LogP contribution in [0.5, 0.6) is 0 Å². The molecule has 228 valence electrons. The Hall–Kier alpha value is -4.43. The van der Waals surface area contributed by atoms with Crippen LogP contribution in [-0.4, -0.2) is 48.0 Å². The maximum absolute atomic E-state index is 13.8. The lowest BCUT2D eigenvalue weighted by Crippen LogP contribution is -2.22. The molecule has 11 heteroatoms. The highest BCUT2D eigenvalue weighted by atomic mass is 19.4. The molecular weight excluding hydrogens is 559 g/mol. The molecule has 1 atom stereocenters. The summed E-state index contributed by atoms with van der Waals surface area (Å²) in [6.07, 6.45) is 4.82. The molecule has 0 aliphatic carbocycles. The zero-order valence-electron chi connectivity index (χ0n) is 24.4. The van der Waals surface area contributed by atoms with E-state index in [1.165, 1.54) is 0 Å². The van der Waals surface area contributed by atoms with Crippen molar-refractivity contribution in [2.75, 3.05) is 5.32 Å². The molecule has 2 aromatic heterocycles. The Morgan fingerprint density at radius 2 is 1.86 bits per heavy atom. The standard InChI is InChI=1S/C32H36F3N5O3/c1-5-6-11-22(32(33,34)35)16-17-26-28(25-18-20-36-30(38-25)37-23-12-8-7-9-13-23)39-29(31(2,3)4)40(26)21-19-24(41)14-10-15-27(42)43/h1,6-9,11-13,16,18,20,24,41H,10,14-15,17,19,21H2,2-4H3,(H,42,43)(H,36,37,38)/b11-6-,22-16+. The van der Waals surface area contributed by atoms with Crippen molar-refractivity contribution in [3.8, 4) is 23.7 Å². The van der Waals surface area contributed by atoms with Gasteiger partial charge in [-0.25, -0.2) is 15.0 Å². The Balaban J connectivity index is 2.10. The molecule has 2 heterocycles. The van der Waals surface area contributed by atoms with E-state index in [4.69, 9.17) is 16.5 Å². The van der Waals surface area contributed by atoms with Gasteiger partial charge in [-0.05, 0) is 49.6 Å². The van der Waals surface area contributed by atoms with Gasteiger partial charge in [-0.2, -0.15) is 13.2 Å². The summed E-state index contributed by atoms with van der Waals surface area (Å²) in [7, 11) is 0. The van der Waals surface area contributed by atoms with Crippen LogP contribution in [-0.2, 0) is 23.2 Å². The summed E-state index contributed by atoms with van der Waals surface area (Å²) < 4.78 is 43.3. The highest BCUT2D eigenvalue weighted by Gasteiger charge is 2.32. The van der Waals surface area contributed by atoms with Crippen molar-refractivity contribution in [3.63, 3.8) is 0 Å². The van der Waals surface area contributed by atoms with E-state index in [0.717, 1.165) is 23.9 Å². The predicted molar refractivity (Wildman–Crippen MR) is 160 cm³/mol. The molecular formula is C32H36F3N5O3. The van der Waals surface area contributed by atoms with Gasteiger partial charge < -0.3 is 20.1 Å². The molecule has 0 fully saturated rings. The highest BCUT2D eigenvalue weighted by Crippen LogP contribution is 2.33. The lowest BCUT2D eigenvalue weighted by molar-refractivity contribution is -0.137. The molecule has 0 aliphatic rings. The lowest BCUT2D eigenvalue weighted by atomic mass is 9.95. The van der Waals surface area contributed by atoms with Crippen molar-refractivity contribution in [1.29, 1.82) is 0 Å². The fourth-order valence-electron chi connectivity index (χ4n) is 4.45. The minimum Gasteiger partial charge on any atom is -0.481 e. The number of alkyl halides is 3. The Morgan fingerprint density at radius 3 is 2.49 bits per heavy atom. The summed E-state index contributed by atoms with van der Waals surface area (Å²) in [6, 6.07) is 10.9. The number of nitrogens with one attached hydrogen (secondary N) is 1. The Kier molecular flexibility index (Phi) is 11.3. The number of benzene rings is 1. The van der Waals surface area contributed by atoms with Gasteiger partial charge in [-0.3, -0.25) is 4.79 Å². The normalized spacial score (nSPS) is 13.2. The van der Waals surface area contributed by atoms with E-state index < -0.39 is 29.2 Å². The van der Waals surface area contributed by atoms with E-state index in [-0.39, 0.29) is 32.2 Å². The number of halogens is 3. The summed E-state index contributed by atoms with van der Waals surface area (Å²) in [6.45, 7) is 6.08. The summed E-state index contributed by atoms with van der Waals surface area (Å²) in [5, 5.41) is 22.6. The number of hydrogen-bond donors (Lipinski definition) is 3. The van der Waals surface area contributed by atoms with Crippen molar-refractivity contribution in [2.24, 2.45) is 0 Å². The van der Waals surface area contributed by atoms with E-state index in [2.05, 4.69) is 21.2 Å². The van der Waals surface area contributed by atoms with Crippen molar-refractivity contribution in [3.05, 3.63) is 77.9 Å². The smallest absolute Gasteiger partial charge is 0.416 e. The number of aliphatic hydroxyl groups excluding tert-OH is 1. The van der Waals surface area contributed by atoms with Gasteiger partial charge in [-0.15, -0.1) is 6.42 Å². The Morgan fingerprint density at radius 1 is 1.14 bits per heavy atom. The van der Waals surface area contributed by atoms with Crippen molar-refractivity contribution in [1.82, 2.24) is 19.5 Å². The quantitative estimate of drug-likeness (QED) is 0.151. The van der Waals surface area contributed by atoms with Crippen LogP contribution in [0.25, 0.3) is 11.4 Å². The first-order chi connectivity index (χ1) is 20.3. The number of carboxylic acids is 1. The summed E-state index contributed by atoms with van der Waals surface area (Å²) in [4.78, 5) is 24.7. The number of rotatable bonds is 13. The SMILES string of the molecule is C#C/C=C\C(=C/Cc1c(-c2ccnc(Nc3ccccc3)n2)nc(C(C)(C)C)n1CCC(O)CCCC(=O)O)C(F)(F)F. The molecule has 0 aliphatic heterocycles. The second kappa shape index (κ2) is 14.6. The number of carboxylic acid groups (broad SMARTS) is 1. The van der Waals surface area contributed by atoms with Gasteiger partial charge in [0.1, 0.15) is 11.5 Å². The van der Waals surface area contributed by atoms with Crippen LogP contribution >= 0.6 is 0 Å². The molecule has 0 bridgehead atoms. The van der Waals surface area contributed by atoms with Crippen LogP contribution < -0.4 is 5.32 Å². The van der Waals surface area contributed by atoms with E-state index in [1.807, 2.05) is 55.7 Å². The summed E-state index contributed by atoms with van der Waals surface area (Å²) in [5.74, 6) is 2.05. The molecule has 3 N–H and O–H groups in total. The van der Waals surface area contributed by atoms with E-state index in [0.29, 0.717) is 35.3 Å². The summed E-state index contributed by atoms with van der Waals surface area (Å²) >= 11 is 0. The van der Waals surface area contributed by atoms with Gasteiger partial charge in [0, 0.05) is 36.7 Å². The molecule has 1 aromatic carbocycles. The van der Waals surface area contributed by atoms with Crippen LogP contribution in [0.1, 0.15) is 58.0 Å². The van der Waals surface area contributed by atoms with E-state index >= 15 is 0 Å². The first-order valence-electron chi connectivity index (χ1n) is 13.8. The minimum absolute atomic E-state index is 0.0615. The average molecular weight is 596 g/mol. The molecule has 0 amide bonds. The van der Waals surface area contributed by atoms with Crippen LogP contribution in [0, 0.1) is 12.3 Å². The maximum atomic E-state index is 13.8. The van der Waals surface area contributed by atoms with Crippen molar-refractivity contribution < 1.29 is 28.2 Å². The Bertz CT molecular complexity index is 1480. The number of aliphatic hydroxyl groups is 1.